The molecule has 4 heteroatoms. The van der Waals surface area contributed by atoms with Gasteiger partial charge in [0.05, 0.1) is 0 Å². The molecule has 2 aliphatic rings. The molecular weight excluding hydrogens is 315 g/mol. The van der Waals surface area contributed by atoms with Crippen LogP contribution in [0.3, 0.4) is 0 Å². The Morgan fingerprint density at radius 1 is 0.944 bits per heavy atom. The second kappa shape index (κ2) is 15.5. The van der Waals surface area contributed by atoms with Crippen molar-refractivity contribution in [3.8, 4) is 0 Å². The van der Waals surface area contributed by atoms with Crippen LogP contribution in [0.2, 0.25) is 13.1 Å². The molecule has 0 nitrogen and oxygen atoms in total. The average molecular weight is 337 g/mol. The number of hydrogen-bond donors (Lipinski definition) is 0. The first-order valence-electron chi connectivity index (χ1n) is 5.51. The molecule has 0 heterocycles. The van der Waals surface area contributed by atoms with Gasteiger partial charge in [-0.2, -0.15) is 12.2 Å². The number of rotatable bonds is 0. The van der Waals surface area contributed by atoms with Crippen LogP contribution in [0.1, 0.15) is 26.7 Å². The molecule has 0 atom stereocenters. The Morgan fingerprint density at radius 3 is 1.28 bits per heavy atom. The van der Waals surface area contributed by atoms with Gasteiger partial charge in [-0.05, 0) is 0 Å². The first-order chi connectivity index (χ1) is 7.52. The van der Waals surface area contributed by atoms with Crippen molar-refractivity contribution in [3.05, 3.63) is 47.6 Å². The largest absolute Gasteiger partial charge is 0.147 e. The third-order valence-corrected chi connectivity index (χ3v) is 1.74. The van der Waals surface area contributed by atoms with E-state index in [0.717, 1.165) is 12.8 Å². The topological polar surface area (TPSA) is 0 Å². The maximum atomic E-state index is 3.05. The van der Waals surface area contributed by atoms with Crippen LogP contribution in [0.4, 0.5) is 0 Å². The van der Waals surface area contributed by atoms with Crippen LogP contribution < -0.4 is 0 Å². The summed E-state index contributed by atoms with van der Waals surface area (Å²) in [6, 6.07) is 0. The van der Waals surface area contributed by atoms with Crippen molar-refractivity contribution in [2.24, 2.45) is 0 Å². The predicted molar refractivity (Wildman–Crippen MR) is 84.4 cm³/mol. The van der Waals surface area contributed by atoms with Crippen LogP contribution in [0.25, 0.3) is 0 Å². The molecule has 0 aliphatic heterocycles. The third kappa shape index (κ3) is 18.8. The first-order valence-corrected chi connectivity index (χ1v) is 10.3. The molecule has 0 amide bonds. The van der Waals surface area contributed by atoms with Gasteiger partial charge in [0.2, 0.25) is 0 Å². The smallest absolute Gasteiger partial charge is 0.147 e. The van der Waals surface area contributed by atoms with Crippen molar-refractivity contribution >= 4 is 31.0 Å². The second-order valence-electron chi connectivity index (χ2n) is 4.00. The molecule has 100 valence electrons. The summed E-state index contributed by atoms with van der Waals surface area (Å²) in [5.74, 6) is 0. The number of allylic oxidation sites excluding steroid dienone is 8. The van der Waals surface area contributed by atoms with E-state index in [2.05, 4.69) is 70.4 Å². The molecule has 0 bridgehead atoms. The maximum absolute atomic E-state index is 3.05. The zero-order chi connectivity index (χ0) is 12.4. The van der Waals surface area contributed by atoms with Gasteiger partial charge in [0.15, 0.2) is 0 Å². The van der Waals surface area contributed by atoms with E-state index in [1.165, 1.54) is 11.1 Å². The van der Waals surface area contributed by atoms with Gasteiger partial charge in [-0.15, -0.1) is 51.5 Å². The second-order valence-corrected chi connectivity index (χ2v) is 10.7. The zero-order valence-electron chi connectivity index (χ0n) is 11.5. The molecule has 0 saturated carbocycles. The fourth-order valence-electron chi connectivity index (χ4n) is 0.998. The summed E-state index contributed by atoms with van der Waals surface area (Å²) in [5.41, 5.74) is 2.69. The molecule has 0 radical (unpaired) electrons. The van der Waals surface area contributed by atoms with Crippen molar-refractivity contribution in [2.75, 3.05) is 0 Å². The summed E-state index contributed by atoms with van der Waals surface area (Å²) in [4.78, 5) is 0. The van der Waals surface area contributed by atoms with Gasteiger partial charge in [0, 0.05) is 0 Å². The standard InChI is InChI=1S/2C6H7.C2H6Si.2ClH.Ti/c2*1-6-4-2-3-5-6;1-3-2;;;/h2*4-5H,2H2,1H3;1-2H3;2*1H;/q2*-1;;;;+2. The third-order valence-electron chi connectivity index (χ3n) is 1.74. The van der Waals surface area contributed by atoms with E-state index in [4.69, 9.17) is 0 Å². The number of hydrogen-bond acceptors (Lipinski definition) is 0. The maximum Gasteiger partial charge on any atom is -0.147 e. The van der Waals surface area contributed by atoms with Gasteiger partial charge in [-0.25, -0.2) is 23.3 Å². The number of halogens is 2. The summed E-state index contributed by atoms with van der Waals surface area (Å²) in [7, 11) is 0. The quantitative estimate of drug-likeness (QED) is 0.430. The predicted octanol–water partition coefficient (Wildman–Crippen LogP) is 5.02. The van der Waals surface area contributed by atoms with Crippen LogP contribution >= 0.6 is 24.8 Å². The van der Waals surface area contributed by atoms with Gasteiger partial charge >= 0.3 is 38.5 Å². The van der Waals surface area contributed by atoms with Gasteiger partial charge in [-0.3, -0.25) is 12.2 Å². The Kier molecular flexibility index (Phi) is 20.3. The molecule has 0 fully saturated rings. The van der Waals surface area contributed by atoms with Crippen LogP contribution in [0, 0.1) is 12.2 Å². The van der Waals surface area contributed by atoms with E-state index in [9.17, 15) is 0 Å². The van der Waals surface area contributed by atoms with Crippen LogP contribution in [0.5, 0.6) is 0 Å². The van der Waals surface area contributed by atoms with Crippen molar-refractivity contribution in [1.29, 1.82) is 0 Å². The molecule has 0 spiro atoms. The Bertz CT molecular complexity index is 304. The SMILES string of the molecule is CC1=CC[C-]=C1.CC1=CC[C-]=C1.C[Si](C)=[Ti+2].Cl.Cl. The van der Waals surface area contributed by atoms with E-state index < -0.39 is 0 Å². The van der Waals surface area contributed by atoms with E-state index in [1.54, 1.807) is 0 Å². The van der Waals surface area contributed by atoms with Crippen molar-refractivity contribution in [1.82, 2.24) is 0 Å². The molecular formula is C14H22Cl2SiTi. The van der Waals surface area contributed by atoms with Crippen LogP contribution in [0.15, 0.2) is 35.5 Å². The summed E-state index contributed by atoms with van der Waals surface area (Å²) < 4.78 is 0. The fraction of sp³-hybridized carbons (Fsp3) is 0.429. The normalized spacial score (nSPS) is 13.9. The molecule has 18 heavy (non-hydrogen) atoms. The Labute approximate surface area is 137 Å². The monoisotopic (exact) mass is 336 g/mol. The van der Waals surface area contributed by atoms with Gasteiger partial charge in [0.25, 0.3) is 0 Å². The van der Waals surface area contributed by atoms with E-state index in [1.807, 2.05) is 12.2 Å². The van der Waals surface area contributed by atoms with Gasteiger partial charge in [-0.1, -0.05) is 0 Å². The molecule has 0 aromatic rings. The van der Waals surface area contributed by atoms with Crippen molar-refractivity contribution in [2.45, 2.75) is 39.8 Å². The molecule has 0 aromatic heterocycles. The summed E-state index contributed by atoms with van der Waals surface area (Å²) in [6.45, 7) is 8.70. The summed E-state index contributed by atoms with van der Waals surface area (Å²) in [6.07, 6.45) is 16.6. The minimum absolute atomic E-state index is 0. The van der Waals surface area contributed by atoms with Crippen LogP contribution in [-0.4, -0.2) is 6.19 Å². The molecule has 2 rings (SSSR count). The molecule has 0 saturated heterocycles. The van der Waals surface area contributed by atoms with E-state index in [-0.39, 0.29) is 31.0 Å². The minimum Gasteiger partial charge on any atom is -0.147 e. The van der Waals surface area contributed by atoms with Gasteiger partial charge in [0.1, 0.15) is 0 Å². The van der Waals surface area contributed by atoms with E-state index in [0.29, 0.717) is 0 Å². The minimum atomic E-state index is 0. The summed E-state index contributed by atoms with van der Waals surface area (Å²) >= 11 is 2.27. The Hall–Kier alpha value is 0.471. The van der Waals surface area contributed by atoms with E-state index >= 15 is 0 Å². The Balaban J connectivity index is -0.000000182. The Morgan fingerprint density at radius 2 is 1.22 bits per heavy atom. The van der Waals surface area contributed by atoms with Crippen molar-refractivity contribution < 1.29 is 19.2 Å². The molecule has 0 unspecified atom stereocenters. The first kappa shape index (κ1) is 23.6. The van der Waals surface area contributed by atoms with Crippen molar-refractivity contribution in [3.63, 3.8) is 0 Å². The van der Waals surface area contributed by atoms with Gasteiger partial charge < -0.3 is 0 Å². The zero-order valence-corrected chi connectivity index (χ0v) is 15.7. The molecule has 0 N–H and O–H groups in total. The van der Waals surface area contributed by atoms with Crippen LogP contribution in [-0.2, 0) is 19.2 Å². The molecule has 2 aliphatic carbocycles. The molecule has 0 aromatic carbocycles. The fourth-order valence-corrected chi connectivity index (χ4v) is 0.998. The summed E-state index contributed by atoms with van der Waals surface area (Å²) in [5, 5.41) is 0. The average Bonchev–Trinajstić information content (AvgIpc) is 2.78.